The van der Waals surface area contributed by atoms with E-state index in [2.05, 4.69) is 0 Å². The molecule has 0 N–H and O–H groups in total. The highest BCUT2D eigenvalue weighted by molar-refractivity contribution is 5.59. The number of hydrogen-bond acceptors (Lipinski definition) is 3. The maximum absolute atomic E-state index is 8.40. The third-order valence-electron chi connectivity index (χ3n) is 1.95. The number of allylic oxidation sites excluding steroid dienone is 1. The van der Waals surface area contributed by atoms with Crippen molar-refractivity contribution in [3.63, 3.8) is 0 Å². The summed E-state index contributed by atoms with van der Waals surface area (Å²) in [4.78, 5) is 0. The smallest absolute Gasteiger partial charge is 0.129 e. The predicted molar refractivity (Wildman–Crippen MR) is 58.8 cm³/mol. The second-order valence-corrected chi connectivity index (χ2v) is 2.87. The Morgan fingerprint density at radius 2 is 2.13 bits per heavy atom. The number of ether oxygens (including phenoxy) is 2. The first kappa shape index (κ1) is 11.1. The second-order valence-electron chi connectivity index (χ2n) is 2.87. The van der Waals surface area contributed by atoms with Crippen molar-refractivity contribution in [1.29, 1.82) is 5.26 Å². The van der Waals surface area contributed by atoms with Crippen molar-refractivity contribution in [2.24, 2.45) is 0 Å². The summed E-state index contributed by atoms with van der Waals surface area (Å²) in [6, 6.07) is 7.61. The Bertz CT molecular complexity index is 391. The molecule has 0 spiro atoms. The average Bonchev–Trinajstić information content (AvgIpc) is 2.29. The van der Waals surface area contributed by atoms with Gasteiger partial charge in [-0.05, 0) is 12.1 Å². The molecular weight excluding hydrogens is 190 g/mol. The van der Waals surface area contributed by atoms with Gasteiger partial charge in [0.2, 0.25) is 0 Å². The third kappa shape index (κ3) is 3.03. The van der Waals surface area contributed by atoms with Gasteiger partial charge in [-0.15, -0.1) is 0 Å². The molecule has 0 atom stereocenters. The van der Waals surface area contributed by atoms with Crippen LogP contribution < -0.4 is 9.47 Å². The van der Waals surface area contributed by atoms with Crippen molar-refractivity contribution in [1.82, 2.24) is 0 Å². The Hall–Kier alpha value is -1.95. The molecule has 3 heteroatoms. The van der Waals surface area contributed by atoms with Crippen molar-refractivity contribution >= 4 is 6.08 Å². The maximum Gasteiger partial charge on any atom is 0.129 e. The molecule has 0 bridgehead atoms. The first-order valence-corrected chi connectivity index (χ1v) is 4.57. The molecule has 0 aliphatic carbocycles. The fourth-order valence-electron chi connectivity index (χ4n) is 1.19. The van der Waals surface area contributed by atoms with Gasteiger partial charge >= 0.3 is 0 Å². The van der Waals surface area contributed by atoms with Crippen molar-refractivity contribution in [3.8, 4) is 17.6 Å². The molecule has 0 fully saturated rings. The van der Waals surface area contributed by atoms with Gasteiger partial charge in [0, 0.05) is 11.6 Å². The van der Waals surface area contributed by atoms with E-state index >= 15 is 0 Å². The molecular formula is C12H13NO2. The van der Waals surface area contributed by atoms with Crippen LogP contribution in [0.2, 0.25) is 0 Å². The van der Waals surface area contributed by atoms with Crippen LogP contribution in [0.25, 0.3) is 6.08 Å². The minimum atomic E-state index is 0.398. The quantitative estimate of drug-likeness (QED) is 0.755. The van der Waals surface area contributed by atoms with Gasteiger partial charge in [0.25, 0.3) is 0 Å². The highest BCUT2D eigenvalue weighted by Crippen LogP contribution is 2.25. The highest BCUT2D eigenvalue weighted by atomic mass is 16.5. The third-order valence-corrected chi connectivity index (χ3v) is 1.95. The van der Waals surface area contributed by atoms with Gasteiger partial charge in [-0.3, -0.25) is 0 Å². The van der Waals surface area contributed by atoms with E-state index in [0.29, 0.717) is 6.42 Å². The van der Waals surface area contributed by atoms with Gasteiger partial charge < -0.3 is 9.47 Å². The fraction of sp³-hybridized carbons (Fsp3) is 0.250. The van der Waals surface area contributed by atoms with E-state index in [9.17, 15) is 0 Å². The molecule has 78 valence electrons. The van der Waals surface area contributed by atoms with E-state index in [1.165, 1.54) is 0 Å². The Morgan fingerprint density at radius 1 is 1.33 bits per heavy atom. The lowest BCUT2D eigenvalue weighted by Gasteiger charge is -2.06. The summed E-state index contributed by atoms with van der Waals surface area (Å²) in [6.45, 7) is 0. The fourth-order valence-corrected chi connectivity index (χ4v) is 1.19. The number of rotatable bonds is 4. The lowest BCUT2D eigenvalue weighted by molar-refractivity contribution is 0.394. The molecule has 0 aromatic heterocycles. The first-order chi connectivity index (χ1) is 7.31. The van der Waals surface area contributed by atoms with E-state index in [4.69, 9.17) is 14.7 Å². The molecule has 1 rings (SSSR count). The maximum atomic E-state index is 8.40. The van der Waals surface area contributed by atoms with E-state index < -0.39 is 0 Å². The van der Waals surface area contributed by atoms with Crippen molar-refractivity contribution in [2.75, 3.05) is 14.2 Å². The summed E-state index contributed by atoms with van der Waals surface area (Å²) in [7, 11) is 3.22. The van der Waals surface area contributed by atoms with Gasteiger partial charge in [-0.2, -0.15) is 5.26 Å². The zero-order chi connectivity index (χ0) is 11.1. The van der Waals surface area contributed by atoms with Crippen molar-refractivity contribution in [2.45, 2.75) is 6.42 Å². The predicted octanol–water partition coefficient (Wildman–Crippen LogP) is 2.63. The SMILES string of the molecule is COc1ccc(C=CCC#N)c(OC)c1. The zero-order valence-corrected chi connectivity index (χ0v) is 8.86. The molecule has 0 radical (unpaired) electrons. The normalized spacial score (nSPS) is 9.93. The summed E-state index contributed by atoms with van der Waals surface area (Å²) in [5.41, 5.74) is 0.938. The van der Waals surface area contributed by atoms with E-state index in [-0.39, 0.29) is 0 Å². The van der Waals surface area contributed by atoms with Crippen molar-refractivity contribution in [3.05, 3.63) is 29.8 Å². The van der Waals surface area contributed by atoms with Crippen molar-refractivity contribution < 1.29 is 9.47 Å². The molecule has 1 aromatic rings. The molecule has 0 saturated heterocycles. The number of nitrogens with zero attached hydrogens (tertiary/aromatic N) is 1. The van der Waals surface area contributed by atoms with Crippen LogP contribution in [0.4, 0.5) is 0 Å². The Kier molecular flexibility index (Phi) is 4.24. The van der Waals surface area contributed by atoms with E-state index in [0.717, 1.165) is 17.1 Å². The molecule has 0 heterocycles. The van der Waals surface area contributed by atoms with Gasteiger partial charge in [0.1, 0.15) is 11.5 Å². The largest absolute Gasteiger partial charge is 0.497 e. The molecule has 3 nitrogen and oxygen atoms in total. The molecule has 15 heavy (non-hydrogen) atoms. The Labute approximate surface area is 89.6 Å². The molecule has 0 aliphatic heterocycles. The van der Waals surface area contributed by atoms with Crippen LogP contribution in [-0.2, 0) is 0 Å². The van der Waals surface area contributed by atoms with Crippen LogP contribution in [-0.4, -0.2) is 14.2 Å². The standard InChI is InChI=1S/C12H13NO2/c1-14-11-7-6-10(5-3-4-8-13)12(9-11)15-2/h3,5-7,9H,4H2,1-2H3. The first-order valence-electron chi connectivity index (χ1n) is 4.57. The number of benzene rings is 1. The summed E-state index contributed by atoms with van der Waals surface area (Å²) in [5, 5.41) is 8.40. The number of methoxy groups -OCH3 is 2. The van der Waals surface area contributed by atoms with Crippen LogP contribution in [0.5, 0.6) is 11.5 Å². The summed E-state index contributed by atoms with van der Waals surface area (Å²) in [6.07, 6.45) is 4.06. The van der Waals surface area contributed by atoms with Gasteiger partial charge in [0.05, 0.1) is 26.7 Å². The summed E-state index contributed by atoms with van der Waals surface area (Å²) < 4.78 is 10.3. The minimum absolute atomic E-state index is 0.398. The van der Waals surface area contributed by atoms with Gasteiger partial charge in [-0.1, -0.05) is 12.2 Å². The summed E-state index contributed by atoms with van der Waals surface area (Å²) >= 11 is 0. The zero-order valence-electron chi connectivity index (χ0n) is 8.86. The molecule has 0 aliphatic rings. The Balaban J connectivity index is 2.93. The number of hydrogen-bond donors (Lipinski definition) is 0. The second kappa shape index (κ2) is 5.71. The monoisotopic (exact) mass is 203 g/mol. The molecule has 0 unspecified atom stereocenters. The molecule has 0 amide bonds. The van der Waals surface area contributed by atoms with E-state index in [1.54, 1.807) is 20.3 Å². The van der Waals surface area contributed by atoms with Crippen LogP contribution >= 0.6 is 0 Å². The molecule has 0 saturated carbocycles. The van der Waals surface area contributed by atoms with Crippen LogP contribution in [0.3, 0.4) is 0 Å². The van der Waals surface area contributed by atoms with Crippen LogP contribution in [0.15, 0.2) is 24.3 Å². The lowest BCUT2D eigenvalue weighted by Crippen LogP contribution is -1.89. The van der Waals surface area contributed by atoms with Gasteiger partial charge in [0.15, 0.2) is 0 Å². The van der Waals surface area contributed by atoms with Crippen LogP contribution in [0.1, 0.15) is 12.0 Å². The average molecular weight is 203 g/mol. The van der Waals surface area contributed by atoms with E-state index in [1.807, 2.05) is 30.3 Å². The van der Waals surface area contributed by atoms with Crippen LogP contribution in [0, 0.1) is 11.3 Å². The minimum Gasteiger partial charge on any atom is -0.497 e. The topological polar surface area (TPSA) is 42.2 Å². The summed E-state index contributed by atoms with van der Waals surface area (Å²) in [5.74, 6) is 1.49. The van der Waals surface area contributed by atoms with Gasteiger partial charge in [-0.25, -0.2) is 0 Å². The molecule has 1 aromatic carbocycles. The highest BCUT2D eigenvalue weighted by Gasteiger charge is 2.01. The number of nitriles is 1. The Morgan fingerprint density at radius 3 is 2.73 bits per heavy atom. The lowest BCUT2D eigenvalue weighted by atomic mass is 10.1.